The van der Waals surface area contributed by atoms with E-state index in [4.69, 9.17) is 19.9 Å². The van der Waals surface area contributed by atoms with Crippen LogP contribution in [-0.2, 0) is 0 Å². The zero-order chi connectivity index (χ0) is 64.4. The van der Waals surface area contributed by atoms with E-state index in [0.717, 1.165) is 144 Å². The lowest BCUT2D eigenvalue weighted by molar-refractivity contribution is 1.01. The lowest BCUT2D eigenvalue weighted by Gasteiger charge is -2.16. The maximum atomic E-state index is 5.56. The largest absolute Gasteiger partial charge is 0.309 e. The summed E-state index contributed by atoms with van der Waals surface area (Å²) in [7, 11) is 0. The first-order valence-electron chi connectivity index (χ1n) is 33.3. The van der Waals surface area contributed by atoms with Crippen molar-refractivity contribution < 1.29 is 0 Å². The minimum Gasteiger partial charge on any atom is -0.309 e. The fourth-order valence-electron chi connectivity index (χ4n) is 15.3. The van der Waals surface area contributed by atoms with Gasteiger partial charge in [-0.1, -0.05) is 237 Å². The van der Waals surface area contributed by atoms with Gasteiger partial charge in [-0.25, -0.2) is 19.9 Å². The minimum atomic E-state index is 0.603. The highest BCUT2D eigenvalue weighted by atomic mass is 15.2. The molecule has 0 unspecified atom stereocenters. The Labute approximate surface area is 563 Å². The first kappa shape index (κ1) is 55.2. The maximum absolute atomic E-state index is 5.56. The summed E-state index contributed by atoms with van der Waals surface area (Å²) in [5, 5.41) is 10.3. The van der Waals surface area contributed by atoms with Gasteiger partial charge in [-0.3, -0.25) is 4.57 Å². The monoisotopic (exact) mass is 1250 g/mol. The van der Waals surface area contributed by atoms with Crippen molar-refractivity contribution in [1.29, 1.82) is 0 Å². The molecule has 456 valence electrons. The van der Waals surface area contributed by atoms with Crippen molar-refractivity contribution in [2.75, 3.05) is 0 Å². The predicted molar refractivity (Wildman–Crippen MR) is 405 cm³/mol. The molecule has 20 rings (SSSR count). The second-order valence-corrected chi connectivity index (χ2v) is 25.4. The van der Waals surface area contributed by atoms with E-state index < -0.39 is 0 Å². The molecule has 0 aliphatic carbocycles. The van der Waals surface area contributed by atoms with Gasteiger partial charge in [-0.05, 0) is 125 Å². The second-order valence-electron chi connectivity index (χ2n) is 25.4. The number of nitrogens with zero attached hydrogens (tertiary/aromatic N) is 8. The summed E-state index contributed by atoms with van der Waals surface area (Å²) >= 11 is 0. The van der Waals surface area contributed by atoms with E-state index in [1.54, 1.807) is 0 Å². The fraction of sp³-hybridized carbons (Fsp3) is 0. The van der Waals surface area contributed by atoms with Crippen LogP contribution in [-0.4, -0.2) is 38.2 Å². The van der Waals surface area contributed by atoms with Crippen molar-refractivity contribution in [3.05, 3.63) is 340 Å². The Kier molecular flexibility index (Phi) is 12.5. The van der Waals surface area contributed by atoms with Crippen LogP contribution in [0.15, 0.2) is 340 Å². The summed E-state index contributed by atoms with van der Waals surface area (Å²) in [5.41, 5.74) is 23.7. The van der Waals surface area contributed by atoms with Crippen LogP contribution in [0.1, 0.15) is 0 Å². The molecular weight excluding hydrogens is 1190 g/mol. The first-order valence-corrected chi connectivity index (χ1v) is 33.3. The third-order valence-electron chi connectivity index (χ3n) is 19.8. The highest BCUT2D eigenvalue weighted by Gasteiger charge is 2.24. The molecule has 14 aromatic carbocycles. The van der Waals surface area contributed by atoms with Crippen molar-refractivity contribution in [2.24, 2.45) is 0 Å². The average molecular weight is 1250 g/mol. The Bertz CT molecular complexity index is 6490. The minimum absolute atomic E-state index is 0.603. The third-order valence-corrected chi connectivity index (χ3v) is 19.8. The number of aromatic nitrogens is 8. The van der Waals surface area contributed by atoms with Crippen LogP contribution in [0.3, 0.4) is 0 Å². The quantitative estimate of drug-likeness (QED) is 0.137. The van der Waals surface area contributed by atoms with E-state index in [2.05, 4.69) is 346 Å². The Hall–Kier alpha value is -13.3. The third kappa shape index (κ3) is 8.85. The standard InChI is InChI=1S/C90H56N8/c1-5-23-57(24-6-1)78-56-79(58-25-7-2-8-26-58)92-89(91-78)64-49-66(96-80-37-19-14-31-68(80)69-32-15-20-38-81(69)96)55-67(50-64)97-82-39-21-16-33-70(82)72-45-41-62(53-86(72)97)63-42-46-73-76-52-61(60-43-47-84-75(51-60)71-34-17-22-40-83(71)95(84)65-29-11-4-12-30-65)44-48-85(76)98(87(73)54-63)90-93-77-36-18-13-35-74(77)88(94-90)59-27-9-3-10-28-59/h1-56H. The molecule has 98 heavy (non-hydrogen) atoms. The van der Waals surface area contributed by atoms with Gasteiger partial charge in [0.1, 0.15) is 0 Å². The molecule has 0 fully saturated rings. The Morgan fingerprint density at radius 3 is 1.08 bits per heavy atom. The second kappa shape index (κ2) is 22.2. The molecule has 6 heterocycles. The number of para-hydroxylation sites is 6. The molecule has 8 heteroatoms. The van der Waals surface area contributed by atoms with Gasteiger partial charge in [0.05, 0.1) is 66.7 Å². The van der Waals surface area contributed by atoms with E-state index in [0.29, 0.717) is 11.8 Å². The molecule has 0 spiro atoms. The average Bonchev–Trinajstić information content (AvgIpc) is 1.56. The number of fused-ring (bicyclic) bond motifs is 13. The van der Waals surface area contributed by atoms with Gasteiger partial charge in [-0.15, -0.1) is 0 Å². The van der Waals surface area contributed by atoms with Gasteiger partial charge in [0.25, 0.3) is 0 Å². The van der Waals surface area contributed by atoms with Gasteiger partial charge in [0, 0.05) is 87.8 Å². The Morgan fingerprint density at radius 1 is 0.184 bits per heavy atom. The molecule has 0 atom stereocenters. The van der Waals surface area contributed by atoms with Gasteiger partial charge < -0.3 is 13.7 Å². The highest BCUT2D eigenvalue weighted by Crippen LogP contribution is 2.44. The Morgan fingerprint density at radius 2 is 0.551 bits per heavy atom. The van der Waals surface area contributed by atoms with E-state index in [-0.39, 0.29) is 0 Å². The van der Waals surface area contributed by atoms with Gasteiger partial charge >= 0.3 is 0 Å². The van der Waals surface area contributed by atoms with Gasteiger partial charge in [0.2, 0.25) is 5.95 Å². The summed E-state index contributed by atoms with van der Waals surface area (Å²) in [6.07, 6.45) is 0. The van der Waals surface area contributed by atoms with Crippen molar-refractivity contribution in [2.45, 2.75) is 0 Å². The lowest BCUT2D eigenvalue weighted by Crippen LogP contribution is -2.03. The first-order chi connectivity index (χ1) is 48.6. The molecule has 0 saturated carbocycles. The molecule has 0 bridgehead atoms. The molecule has 0 aliphatic rings. The van der Waals surface area contributed by atoms with Crippen LogP contribution in [0.5, 0.6) is 0 Å². The summed E-state index contributed by atoms with van der Waals surface area (Å²) in [4.78, 5) is 21.9. The van der Waals surface area contributed by atoms with Crippen LogP contribution in [0.25, 0.3) is 189 Å². The summed E-state index contributed by atoms with van der Waals surface area (Å²) in [6.45, 7) is 0. The molecule has 0 saturated heterocycles. The number of hydrogen-bond donors (Lipinski definition) is 0. The van der Waals surface area contributed by atoms with Crippen molar-refractivity contribution in [3.63, 3.8) is 0 Å². The van der Waals surface area contributed by atoms with Gasteiger partial charge in [-0.2, -0.15) is 0 Å². The molecule has 0 aliphatic heterocycles. The number of benzene rings is 14. The molecule has 0 amide bonds. The molecule has 6 aromatic heterocycles. The molecular formula is C90H56N8. The molecule has 0 radical (unpaired) electrons. The van der Waals surface area contributed by atoms with Crippen molar-refractivity contribution >= 4 is 98.1 Å². The SMILES string of the molecule is c1ccc(-c2cc(-c3ccccc3)nc(-c3cc(-n4c5ccccc5c5ccccc54)cc(-n4c5ccccc5c5ccc(-c6ccc7c8cc(-c9ccc%10c(c9)c9ccccc9n%10-c9ccccc9)ccc8n(-c8nc(-c9ccccc9)c9ccccc9n8)c7c6)cc54)c3)n2)cc1. The molecule has 0 N–H and O–H groups in total. The maximum Gasteiger partial charge on any atom is 0.235 e. The number of hydrogen-bond acceptors (Lipinski definition) is 4. The predicted octanol–water partition coefficient (Wildman–Crippen LogP) is 22.8. The van der Waals surface area contributed by atoms with Crippen molar-refractivity contribution in [1.82, 2.24) is 38.2 Å². The summed E-state index contributed by atoms with van der Waals surface area (Å²) < 4.78 is 9.50. The number of rotatable bonds is 10. The van der Waals surface area contributed by atoms with Crippen LogP contribution in [0.2, 0.25) is 0 Å². The van der Waals surface area contributed by atoms with E-state index in [1.807, 2.05) is 12.1 Å². The summed E-state index contributed by atoms with van der Waals surface area (Å²) in [5.74, 6) is 1.23. The molecule has 8 nitrogen and oxygen atoms in total. The highest BCUT2D eigenvalue weighted by molar-refractivity contribution is 6.15. The van der Waals surface area contributed by atoms with Crippen molar-refractivity contribution in [3.8, 4) is 90.4 Å². The normalized spacial score (nSPS) is 11.9. The van der Waals surface area contributed by atoms with Gasteiger partial charge in [0.15, 0.2) is 5.82 Å². The van der Waals surface area contributed by atoms with Crippen LogP contribution >= 0.6 is 0 Å². The fourth-order valence-corrected chi connectivity index (χ4v) is 15.3. The van der Waals surface area contributed by atoms with Crippen LogP contribution in [0.4, 0.5) is 0 Å². The van der Waals surface area contributed by atoms with E-state index >= 15 is 0 Å². The lowest BCUT2D eigenvalue weighted by atomic mass is 9.99. The smallest absolute Gasteiger partial charge is 0.235 e. The van der Waals surface area contributed by atoms with Crippen LogP contribution in [0, 0.1) is 0 Å². The molecule has 20 aromatic rings. The topological polar surface area (TPSA) is 71.3 Å². The van der Waals surface area contributed by atoms with Crippen LogP contribution < -0.4 is 0 Å². The zero-order valence-electron chi connectivity index (χ0n) is 52.9. The van der Waals surface area contributed by atoms with E-state index in [9.17, 15) is 0 Å². The Balaban J connectivity index is 0.805. The van der Waals surface area contributed by atoms with E-state index in [1.165, 1.54) is 32.6 Å². The summed E-state index contributed by atoms with van der Waals surface area (Å²) in [6, 6.07) is 122. The zero-order valence-corrected chi connectivity index (χ0v) is 52.9.